The molecular weight excluding hydrogens is 386 g/mol. The van der Waals surface area contributed by atoms with Gasteiger partial charge in [0, 0.05) is 35.5 Å². The van der Waals surface area contributed by atoms with Crippen molar-refractivity contribution in [2.45, 2.75) is 64.0 Å². The van der Waals surface area contributed by atoms with E-state index >= 15 is 0 Å². The number of aromatic nitrogens is 4. The molecule has 1 N–H and O–H groups in total. The number of fused-ring (bicyclic) bond motifs is 2. The number of pyridine rings is 1. The van der Waals surface area contributed by atoms with Gasteiger partial charge in [-0.05, 0) is 71.3 Å². The van der Waals surface area contributed by atoms with Crippen LogP contribution in [0.5, 0.6) is 0 Å². The van der Waals surface area contributed by atoms with Gasteiger partial charge in [-0.2, -0.15) is 0 Å². The largest absolute Gasteiger partial charge is 0.350 e. The van der Waals surface area contributed by atoms with Gasteiger partial charge in [0.25, 0.3) is 0 Å². The van der Waals surface area contributed by atoms with Crippen LogP contribution in [-0.4, -0.2) is 56.4 Å². The molecule has 3 aromatic heterocycles. The van der Waals surface area contributed by atoms with Gasteiger partial charge in [-0.25, -0.2) is 9.50 Å². The zero-order chi connectivity index (χ0) is 21.5. The first kappa shape index (κ1) is 20.1. The van der Waals surface area contributed by atoms with Crippen LogP contribution in [0, 0.1) is 0 Å². The first-order valence-electron chi connectivity index (χ1n) is 11.3. The normalized spacial score (nSPS) is 23.6. The minimum atomic E-state index is 0.385. The molecule has 162 valence electrons. The number of rotatable bonds is 4. The standard InChI is InChI=1S/C24H31N7/c1-15-13-16(2)26-21-10-9-20(28-23(15)21)19-11-12-31-22(19)14-25-24(29-31)27-17-5-7-18(8-6-17)30(3)4/h9-12,14-15,17-18H,5-8,13H2,1-4H3,(H,27,29). The first-order valence-corrected chi connectivity index (χ1v) is 11.3. The number of hydrogen-bond donors (Lipinski definition) is 1. The van der Waals surface area contributed by atoms with Gasteiger partial charge in [-0.3, -0.25) is 9.98 Å². The summed E-state index contributed by atoms with van der Waals surface area (Å²) < 4.78 is 1.91. The summed E-state index contributed by atoms with van der Waals surface area (Å²) in [6.45, 7) is 4.31. The van der Waals surface area contributed by atoms with Crippen molar-refractivity contribution in [3.63, 3.8) is 0 Å². The van der Waals surface area contributed by atoms with Crippen LogP contribution in [-0.2, 0) is 0 Å². The Bertz CT molecular complexity index is 1120. The lowest BCUT2D eigenvalue weighted by atomic mass is 9.91. The van der Waals surface area contributed by atoms with Crippen LogP contribution in [0.25, 0.3) is 16.8 Å². The van der Waals surface area contributed by atoms with Crippen molar-refractivity contribution in [3.05, 3.63) is 36.3 Å². The van der Waals surface area contributed by atoms with E-state index in [2.05, 4.69) is 66.3 Å². The second-order valence-corrected chi connectivity index (χ2v) is 9.31. The van der Waals surface area contributed by atoms with Crippen LogP contribution in [0.4, 0.5) is 11.6 Å². The smallest absolute Gasteiger partial charge is 0.241 e. The minimum absolute atomic E-state index is 0.385. The fourth-order valence-electron chi connectivity index (χ4n) is 4.97. The van der Waals surface area contributed by atoms with Gasteiger partial charge in [-0.15, -0.1) is 5.10 Å². The van der Waals surface area contributed by atoms with Crippen molar-refractivity contribution in [1.29, 1.82) is 0 Å². The topological polar surface area (TPSA) is 70.7 Å². The molecule has 5 rings (SSSR count). The lowest BCUT2D eigenvalue weighted by Gasteiger charge is -2.32. The Balaban J connectivity index is 1.36. The van der Waals surface area contributed by atoms with Crippen LogP contribution in [0.1, 0.15) is 57.6 Å². The van der Waals surface area contributed by atoms with Crippen molar-refractivity contribution in [2.75, 3.05) is 19.4 Å². The predicted molar refractivity (Wildman–Crippen MR) is 125 cm³/mol. The van der Waals surface area contributed by atoms with E-state index in [1.807, 2.05) is 16.9 Å². The number of hydrogen-bond acceptors (Lipinski definition) is 6. The molecule has 2 aliphatic rings. The Morgan fingerprint density at radius 3 is 2.68 bits per heavy atom. The molecule has 0 bridgehead atoms. The highest BCUT2D eigenvalue weighted by Crippen LogP contribution is 2.35. The lowest BCUT2D eigenvalue weighted by molar-refractivity contribution is 0.221. The van der Waals surface area contributed by atoms with E-state index < -0.39 is 0 Å². The molecule has 4 heterocycles. The molecule has 0 aromatic carbocycles. The van der Waals surface area contributed by atoms with Crippen molar-refractivity contribution >= 4 is 22.9 Å². The third-order valence-electron chi connectivity index (χ3n) is 6.74. The molecule has 0 saturated heterocycles. The predicted octanol–water partition coefficient (Wildman–Crippen LogP) is 4.68. The summed E-state index contributed by atoms with van der Waals surface area (Å²) in [4.78, 5) is 16.6. The average Bonchev–Trinajstić information content (AvgIpc) is 3.17. The van der Waals surface area contributed by atoms with E-state index in [0.717, 1.165) is 47.4 Å². The van der Waals surface area contributed by atoms with Gasteiger partial charge in [0.1, 0.15) is 0 Å². The molecule has 7 heteroatoms. The molecule has 1 saturated carbocycles. The lowest BCUT2D eigenvalue weighted by Crippen LogP contribution is -2.36. The van der Waals surface area contributed by atoms with Gasteiger partial charge in [0.2, 0.25) is 5.95 Å². The van der Waals surface area contributed by atoms with Crippen molar-refractivity contribution < 1.29 is 0 Å². The molecule has 31 heavy (non-hydrogen) atoms. The molecule has 1 aliphatic heterocycles. The van der Waals surface area contributed by atoms with E-state index in [0.29, 0.717) is 23.9 Å². The van der Waals surface area contributed by atoms with E-state index in [-0.39, 0.29) is 0 Å². The van der Waals surface area contributed by atoms with Crippen molar-refractivity contribution in [1.82, 2.24) is 24.5 Å². The van der Waals surface area contributed by atoms with Crippen LogP contribution in [0.3, 0.4) is 0 Å². The number of anilines is 1. The minimum Gasteiger partial charge on any atom is -0.350 e. The fraction of sp³-hybridized carbons (Fsp3) is 0.500. The zero-order valence-electron chi connectivity index (χ0n) is 18.8. The SMILES string of the molecule is CC1=Nc2ccc(-c3ccn4nc(NC5CCC(N(C)C)CC5)ncc34)nc2C(C)C1. The highest BCUT2D eigenvalue weighted by molar-refractivity contribution is 5.88. The fourth-order valence-corrected chi connectivity index (χ4v) is 4.97. The van der Waals surface area contributed by atoms with Gasteiger partial charge in [0.15, 0.2) is 0 Å². The summed E-state index contributed by atoms with van der Waals surface area (Å²) >= 11 is 0. The molecule has 0 amide bonds. The third kappa shape index (κ3) is 3.94. The number of nitrogens with one attached hydrogen (secondary N) is 1. The summed E-state index contributed by atoms with van der Waals surface area (Å²) in [6.07, 6.45) is 9.60. The highest BCUT2D eigenvalue weighted by atomic mass is 15.3. The Morgan fingerprint density at radius 2 is 1.90 bits per heavy atom. The van der Waals surface area contributed by atoms with E-state index in [4.69, 9.17) is 10.1 Å². The molecule has 3 aromatic rings. The van der Waals surface area contributed by atoms with Gasteiger partial charge >= 0.3 is 0 Å². The van der Waals surface area contributed by atoms with E-state index in [9.17, 15) is 0 Å². The van der Waals surface area contributed by atoms with Crippen molar-refractivity contribution in [3.8, 4) is 11.3 Å². The maximum absolute atomic E-state index is 4.96. The van der Waals surface area contributed by atoms with Gasteiger partial charge in [0.05, 0.1) is 28.8 Å². The van der Waals surface area contributed by atoms with E-state index in [1.165, 1.54) is 18.6 Å². The Kier molecular flexibility index (Phi) is 5.22. The van der Waals surface area contributed by atoms with Crippen LogP contribution >= 0.6 is 0 Å². The van der Waals surface area contributed by atoms with Gasteiger partial charge in [-0.1, -0.05) is 6.92 Å². The first-order chi connectivity index (χ1) is 15.0. The molecule has 1 unspecified atom stereocenters. The Morgan fingerprint density at radius 1 is 1.10 bits per heavy atom. The number of aliphatic imine (C=N–C) groups is 1. The molecule has 1 fully saturated rings. The van der Waals surface area contributed by atoms with Gasteiger partial charge < -0.3 is 10.2 Å². The molecule has 7 nitrogen and oxygen atoms in total. The average molecular weight is 418 g/mol. The summed E-state index contributed by atoms with van der Waals surface area (Å²) in [5, 5.41) is 8.26. The number of nitrogens with zero attached hydrogens (tertiary/aromatic N) is 6. The van der Waals surface area contributed by atoms with Crippen molar-refractivity contribution in [2.24, 2.45) is 4.99 Å². The summed E-state index contributed by atoms with van der Waals surface area (Å²) in [5.74, 6) is 1.08. The van der Waals surface area contributed by atoms with Crippen LogP contribution < -0.4 is 5.32 Å². The molecule has 0 radical (unpaired) electrons. The molecule has 1 atom stereocenters. The Labute approximate surface area is 183 Å². The second kappa shape index (κ2) is 8.04. The monoisotopic (exact) mass is 417 g/mol. The highest BCUT2D eigenvalue weighted by Gasteiger charge is 2.23. The quantitative estimate of drug-likeness (QED) is 0.668. The Hall–Kier alpha value is -2.80. The third-order valence-corrected chi connectivity index (χ3v) is 6.74. The molecule has 0 spiro atoms. The van der Waals surface area contributed by atoms with Crippen LogP contribution in [0.2, 0.25) is 0 Å². The second-order valence-electron chi connectivity index (χ2n) is 9.31. The molecule has 1 aliphatic carbocycles. The maximum atomic E-state index is 4.96. The zero-order valence-corrected chi connectivity index (χ0v) is 18.8. The summed E-state index contributed by atoms with van der Waals surface area (Å²) in [5.41, 5.74) is 6.23. The van der Waals surface area contributed by atoms with E-state index in [1.54, 1.807) is 0 Å². The molecular formula is C24H31N7. The summed E-state index contributed by atoms with van der Waals surface area (Å²) in [7, 11) is 4.34. The summed E-state index contributed by atoms with van der Waals surface area (Å²) in [6, 6.07) is 7.35. The maximum Gasteiger partial charge on any atom is 0.241 e. The van der Waals surface area contributed by atoms with Crippen LogP contribution in [0.15, 0.2) is 35.6 Å².